The van der Waals surface area contributed by atoms with Gasteiger partial charge in [0, 0.05) is 19.7 Å². The Morgan fingerprint density at radius 3 is 1.20 bits per heavy atom. The zero-order valence-corrected chi connectivity index (χ0v) is 24.0. The number of hydrogen-bond acceptors (Lipinski definition) is 3. The second-order valence-electron chi connectivity index (χ2n) is 10.1. The molecule has 0 aliphatic rings. The molecular formula is C31H59NO3. The van der Waals surface area contributed by atoms with Crippen LogP contribution in [0.3, 0.4) is 0 Å². The fraction of sp³-hybridized carbons (Fsp3) is 0.806. The molecule has 0 atom stereocenters. The van der Waals surface area contributed by atoms with E-state index in [1.807, 2.05) is 0 Å². The maximum Gasteiger partial charge on any atom is 0.333 e. The Hall–Kier alpha value is -1.58. The SMILES string of the molecule is C=C(C)C(=O)OCCCCCCCCCCCCCCCCCCCCCC.C=CC(=O)N(C)C. The largest absolute Gasteiger partial charge is 0.462 e. The first-order valence-corrected chi connectivity index (χ1v) is 14.5. The molecule has 0 aliphatic carbocycles. The standard InChI is InChI=1S/C26H50O2.C5H9NO/c1-4-5-6-7-8-9-10-11-12-13-14-15-16-17-18-19-20-21-22-23-24-28-26(27)25(2)3;1-4-5(7)6(2)3/h2,4-24H2,1,3H3;4H,1H2,2-3H3. The maximum absolute atomic E-state index is 11.2. The number of likely N-dealkylation sites (N-methyl/N-ethyl adjacent to an activating group) is 1. The molecule has 0 heterocycles. The van der Waals surface area contributed by atoms with Gasteiger partial charge in [0.25, 0.3) is 0 Å². The number of carbonyl (C=O) groups is 2. The quantitative estimate of drug-likeness (QED) is 0.0809. The van der Waals surface area contributed by atoms with Gasteiger partial charge in [-0.25, -0.2) is 4.79 Å². The van der Waals surface area contributed by atoms with E-state index in [0.717, 1.165) is 6.42 Å². The predicted molar refractivity (Wildman–Crippen MR) is 153 cm³/mol. The summed E-state index contributed by atoms with van der Waals surface area (Å²) in [4.78, 5) is 23.0. The van der Waals surface area contributed by atoms with Crippen molar-refractivity contribution in [3.63, 3.8) is 0 Å². The average Bonchev–Trinajstić information content (AvgIpc) is 2.84. The summed E-state index contributed by atoms with van der Waals surface area (Å²) in [6.07, 6.45) is 28.9. The third-order valence-electron chi connectivity index (χ3n) is 6.19. The fourth-order valence-corrected chi connectivity index (χ4v) is 3.83. The number of carbonyl (C=O) groups excluding carboxylic acids is 2. The Bertz CT molecular complexity index is 513. The maximum atomic E-state index is 11.2. The van der Waals surface area contributed by atoms with Gasteiger partial charge in [-0.3, -0.25) is 4.79 Å². The average molecular weight is 494 g/mol. The van der Waals surface area contributed by atoms with Gasteiger partial charge in [0.05, 0.1) is 6.61 Å². The molecule has 206 valence electrons. The lowest BCUT2D eigenvalue weighted by Gasteiger charge is -2.05. The monoisotopic (exact) mass is 493 g/mol. The van der Waals surface area contributed by atoms with Crippen LogP contribution >= 0.6 is 0 Å². The number of ether oxygens (including phenoxy) is 1. The van der Waals surface area contributed by atoms with Gasteiger partial charge >= 0.3 is 5.97 Å². The number of amides is 1. The van der Waals surface area contributed by atoms with E-state index in [4.69, 9.17) is 4.74 Å². The van der Waals surface area contributed by atoms with E-state index in [0.29, 0.717) is 12.2 Å². The van der Waals surface area contributed by atoms with Crippen LogP contribution in [0, 0.1) is 0 Å². The number of unbranched alkanes of at least 4 members (excludes halogenated alkanes) is 19. The topological polar surface area (TPSA) is 46.6 Å². The summed E-state index contributed by atoms with van der Waals surface area (Å²) in [6, 6.07) is 0. The van der Waals surface area contributed by atoms with E-state index in [-0.39, 0.29) is 11.9 Å². The highest BCUT2D eigenvalue weighted by Crippen LogP contribution is 2.14. The van der Waals surface area contributed by atoms with Crippen molar-refractivity contribution in [1.29, 1.82) is 0 Å². The minimum atomic E-state index is -0.252. The molecule has 0 saturated carbocycles. The molecule has 1 amide bonds. The zero-order chi connectivity index (χ0) is 26.6. The number of hydrogen-bond donors (Lipinski definition) is 0. The second kappa shape index (κ2) is 28.7. The van der Waals surface area contributed by atoms with Crippen molar-refractivity contribution in [1.82, 2.24) is 4.90 Å². The Morgan fingerprint density at radius 2 is 0.971 bits per heavy atom. The predicted octanol–water partition coefficient (Wildman–Crippen LogP) is 9.19. The van der Waals surface area contributed by atoms with E-state index < -0.39 is 0 Å². The molecule has 4 heteroatoms. The Morgan fingerprint density at radius 1 is 0.657 bits per heavy atom. The van der Waals surface area contributed by atoms with Crippen LogP contribution in [0.1, 0.15) is 142 Å². The third kappa shape index (κ3) is 30.4. The van der Waals surface area contributed by atoms with Crippen molar-refractivity contribution in [3.05, 3.63) is 24.8 Å². The molecule has 35 heavy (non-hydrogen) atoms. The van der Waals surface area contributed by atoms with E-state index in [2.05, 4.69) is 20.1 Å². The Labute approximate surface area is 219 Å². The van der Waals surface area contributed by atoms with Crippen LogP contribution in [0.2, 0.25) is 0 Å². The van der Waals surface area contributed by atoms with Crippen LogP contribution in [0.5, 0.6) is 0 Å². The van der Waals surface area contributed by atoms with Gasteiger partial charge in [-0.2, -0.15) is 0 Å². The molecular weight excluding hydrogens is 434 g/mol. The first kappa shape index (κ1) is 35.6. The van der Waals surface area contributed by atoms with Crippen LogP contribution in [0.4, 0.5) is 0 Å². The van der Waals surface area contributed by atoms with Gasteiger partial charge in [0.1, 0.15) is 0 Å². The zero-order valence-electron chi connectivity index (χ0n) is 24.0. The molecule has 4 nitrogen and oxygen atoms in total. The van der Waals surface area contributed by atoms with Gasteiger partial charge < -0.3 is 9.64 Å². The molecule has 0 fully saturated rings. The summed E-state index contributed by atoms with van der Waals surface area (Å²) in [6.45, 7) is 11.4. The van der Waals surface area contributed by atoms with Gasteiger partial charge in [-0.15, -0.1) is 0 Å². The minimum absolute atomic E-state index is 0.0556. The third-order valence-corrected chi connectivity index (χ3v) is 6.19. The highest BCUT2D eigenvalue weighted by atomic mass is 16.5. The van der Waals surface area contributed by atoms with Crippen molar-refractivity contribution in [2.75, 3.05) is 20.7 Å². The van der Waals surface area contributed by atoms with Crippen LogP contribution < -0.4 is 0 Å². The van der Waals surface area contributed by atoms with Gasteiger partial charge in [-0.1, -0.05) is 142 Å². The van der Waals surface area contributed by atoms with Gasteiger partial charge in [-0.05, 0) is 19.4 Å². The second-order valence-corrected chi connectivity index (χ2v) is 10.1. The van der Waals surface area contributed by atoms with E-state index in [9.17, 15) is 9.59 Å². The van der Waals surface area contributed by atoms with E-state index >= 15 is 0 Å². The molecule has 0 bridgehead atoms. The van der Waals surface area contributed by atoms with Crippen LogP contribution in [0.15, 0.2) is 24.8 Å². The fourth-order valence-electron chi connectivity index (χ4n) is 3.83. The summed E-state index contributed by atoms with van der Waals surface area (Å²) in [5.74, 6) is -0.308. The molecule has 0 radical (unpaired) electrons. The summed E-state index contributed by atoms with van der Waals surface area (Å²) in [5, 5.41) is 0. The highest BCUT2D eigenvalue weighted by Gasteiger charge is 2.01. The molecule has 0 rings (SSSR count). The van der Waals surface area contributed by atoms with E-state index in [1.165, 1.54) is 133 Å². The van der Waals surface area contributed by atoms with Gasteiger partial charge in [0.15, 0.2) is 0 Å². The summed E-state index contributed by atoms with van der Waals surface area (Å²) in [5.41, 5.74) is 0.494. The van der Waals surface area contributed by atoms with Crippen molar-refractivity contribution in [2.45, 2.75) is 142 Å². The molecule has 0 aromatic rings. The normalized spacial score (nSPS) is 10.3. The lowest BCUT2D eigenvalue weighted by Crippen LogP contribution is -2.18. The molecule has 0 aromatic carbocycles. The summed E-state index contributed by atoms with van der Waals surface area (Å²) < 4.78 is 5.10. The first-order valence-electron chi connectivity index (χ1n) is 14.5. The van der Waals surface area contributed by atoms with Crippen LogP contribution in [-0.2, 0) is 14.3 Å². The van der Waals surface area contributed by atoms with Gasteiger partial charge in [0.2, 0.25) is 5.91 Å². The molecule has 0 N–H and O–H groups in total. The highest BCUT2D eigenvalue weighted by molar-refractivity contribution is 5.87. The Balaban J connectivity index is 0. The van der Waals surface area contributed by atoms with Crippen molar-refractivity contribution >= 4 is 11.9 Å². The molecule has 0 aromatic heterocycles. The lowest BCUT2D eigenvalue weighted by molar-refractivity contribution is -0.139. The number of nitrogens with zero attached hydrogens (tertiary/aromatic N) is 1. The smallest absolute Gasteiger partial charge is 0.333 e. The molecule has 0 unspecified atom stereocenters. The molecule has 0 spiro atoms. The Kier molecular flexibility index (Phi) is 29.1. The summed E-state index contributed by atoms with van der Waals surface area (Å²) >= 11 is 0. The van der Waals surface area contributed by atoms with E-state index in [1.54, 1.807) is 21.0 Å². The minimum Gasteiger partial charge on any atom is -0.462 e. The van der Waals surface area contributed by atoms with Crippen molar-refractivity contribution < 1.29 is 14.3 Å². The van der Waals surface area contributed by atoms with Crippen molar-refractivity contribution in [3.8, 4) is 0 Å². The first-order chi connectivity index (χ1) is 16.9. The summed E-state index contributed by atoms with van der Waals surface area (Å²) in [7, 11) is 3.37. The molecule has 0 aliphatic heterocycles. The number of rotatable bonds is 23. The lowest BCUT2D eigenvalue weighted by atomic mass is 10.0. The number of esters is 1. The van der Waals surface area contributed by atoms with Crippen LogP contribution in [-0.4, -0.2) is 37.5 Å². The molecule has 0 saturated heterocycles. The van der Waals surface area contributed by atoms with Crippen molar-refractivity contribution in [2.24, 2.45) is 0 Å². The van der Waals surface area contributed by atoms with Crippen LogP contribution in [0.25, 0.3) is 0 Å².